The molecule has 4 nitrogen and oxygen atoms in total. The highest BCUT2D eigenvalue weighted by molar-refractivity contribution is 5.43. The number of aliphatic hydroxyl groups is 1. The number of rotatable bonds is 6. The average Bonchev–Trinajstić information content (AvgIpc) is 2.52. The summed E-state index contributed by atoms with van der Waals surface area (Å²) in [5.41, 5.74) is 1.78. The largest absolute Gasteiger partial charge is 0.508 e. The number of phenolic OH excluding ortho intramolecular Hbond substituents is 1. The number of aromatic hydroxyl groups is 1. The SMILES string of the molecule is COc1ccc(CC[C@H](O)c2cccc(O)c2)cc1OC. The number of aryl methyl sites for hydroxylation is 1. The van der Waals surface area contributed by atoms with Crippen LogP contribution in [0.25, 0.3) is 0 Å². The van der Waals surface area contributed by atoms with Gasteiger partial charge in [-0.3, -0.25) is 0 Å². The Kier molecular flexibility index (Phi) is 5.06. The predicted octanol–water partition coefficient (Wildman–Crippen LogP) is 3.08. The molecule has 112 valence electrons. The van der Waals surface area contributed by atoms with Gasteiger partial charge in [0.05, 0.1) is 20.3 Å². The van der Waals surface area contributed by atoms with Gasteiger partial charge in [-0.15, -0.1) is 0 Å². The lowest BCUT2D eigenvalue weighted by Gasteiger charge is -2.13. The fraction of sp³-hybridized carbons (Fsp3) is 0.294. The van der Waals surface area contributed by atoms with Gasteiger partial charge in [0.25, 0.3) is 0 Å². The van der Waals surface area contributed by atoms with Crippen molar-refractivity contribution in [1.29, 1.82) is 0 Å². The van der Waals surface area contributed by atoms with E-state index < -0.39 is 6.10 Å². The fourth-order valence-electron chi connectivity index (χ4n) is 2.24. The standard InChI is InChI=1S/C17H20O4/c1-20-16-9-7-12(10-17(16)21-2)6-8-15(19)13-4-3-5-14(18)11-13/h3-5,7,9-11,15,18-19H,6,8H2,1-2H3/t15-/m0/s1. The molecular weight excluding hydrogens is 268 g/mol. The molecule has 2 N–H and O–H groups in total. The molecule has 0 heterocycles. The van der Waals surface area contributed by atoms with Crippen LogP contribution < -0.4 is 9.47 Å². The highest BCUT2D eigenvalue weighted by atomic mass is 16.5. The molecule has 0 fully saturated rings. The lowest BCUT2D eigenvalue weighted by Crippen LogP contribution is -2.00. The van der Waals surface area contributed by atoms with Crippen LogP contribution in [0, 0.1) is 0 Å². The molecule has 2 rings (SSSR count). The van der Waals surface area contributed by atoms with Crippen molar-refractivity contribution in [3.63, 3.8) is 0 Å². The van der Waals surface area contributed by atoms with Crippen LogP contribution in [0.4, 0.5) is 0 Å². The van der Waals surface area contributed by atoms with Crippen LogP contribution in [0.1, 0.15) is 23.7 Å². The van der Waals surface area contributed by atoms with E-state index in [1.165, 1.54) is 0 Å². The number of hydrogen-bond donors (Lipinski definition) is 2. The third-order valence-corrected chi connectivity index (χ3v) is 3.41. The Labute approximate surface area is 124 Å². The van der Waals surface area contributed by atoms with Gasteiger partial charge in [0, 0.05) is 0 Å². The average molecular weight is 288 g/mol. The summed E-state index contributed by atoms with van der Waals surface area (Å²) in [7, 11) is 3.20. The van der Waals surface area contributed by atoms with Crippen LogP contribution >= 0.6 is 0 Å². The summed E-state index contributed by atoms with van der Waals surface area (Å²) in [6.07, 6.45) is 0.668. The Bertz CT molecular complexity index is 595. The van der Waals surface area contributed by atoms with E-state index in [0.717, 1.165) is 11.1 Å². The van der Waals surface area contributed by atoms with Crippen molar-refractivity contribution in [3.8, 4) is 17.2 Å². The zero-order valence-electron chi connectivity index (χ0n) is 12.2. The van der Waals surface area contributed by atoms with Crippen LogP contribution in [0.15, 0.2) is 42.5 Å². The number of benzene rings is 2. The van der Waals surface area contributed by atoms with Gasteiger partial charge in [-0.1, -0.05) is 18.2 Å². The van der Waals surface area contributed by atoms with E-state index in [-0.39, 0.29) is 5.75 Å². The zero-order chi connectivity index (χ0) is 15.2. The van der Waals surface area contributed by atoms with Crippen molar-refractivity contribution < 1.29 is 19.7 Å². The maximum Gasteiger partial charge on any atom is 0.160 e. The number of hydrogen-bond acceptors (Lipinski definition) is 4. The van der Waals surface area contributed by atoms with E-state index in [1.807, 2.05) is 18.2 Å². The maximum absolute atomic E-state index is 10.2. The van der Waals surface area contributed by atoms with E-state index in [9.17, 15) is 10.2 Å². The second kappa shape index (κ2) is 6.99. The quantitative estimate of drug-likeness (QED) is 0.857. The number of phenols is 1. The summed E-state index contributed by atoms with van der Waals surface area (Å²) < 4.78 is 10.5. The summed E-state index contributed by atoms with van der Waals surface area (Å²) >= 11 is 0. The summed E-state index contributed by atoms with van der Waals surface area (Å²) in [5, 5.41) is 19.6. The normalized spacial score (nSPS) is 12.0. The lowest BCUT2D eigenvalue weighted by molar-refractivity contribution is 0.167. The lowest BCUT2D eigenvalue weighted by atomic mass is 10.0. The molecule has 0 aromatic heterocycles. The number of methoxy groups -OCH3 is 2. The molecule has 0 bridgehead atoms. The molecule has 0 unspecified atom stereocenters. The third kappa shape index (κ3) is 3.89. The maximum atomic E-state index is 10.2. The molecule has 0 saturated carbocycles. The molecule has 0 radical (unpaired) electrons. The third-order valence-electron chi connectivity index (χ3n) is 3.41. The van der Waals surface area contributed by atoms with Crippen molar-refractivity contribution in [1.82, 2.24) is 0 Å². The first kappa shape index (κ1) is 15.2. The molecule has 1 atom stereocenters. The van der Waals surface area contributed by atoms with Gasteiger partial charge in [-0.2, -0.15) is 0 Å². The van der Waals surface area contributed by atoms with Gasteiger partial charge in [-0.25, -0.2) is 0 Å². The Morgan fingerprint density at radius 2 is 1.76 bits per heavy atom. The van der Waals surface area contributed by atoms with Gasteiger partial charge in [0.15, 0.2) is 11.5 Å². The summed E-state index contributed by atoms with van der Waals surface area (Å²) in [6, 6.07) is 12.4. The van der Waals surface area contributed by atoms with Gasteiger partial charge in [0.1, 0.15) is 5.75 Å². The first-order valence-corrected chi connectivity index (χ1v) is 6.82. The summed E-state index contributed by atoms with van der Waals surface area (Å²) in [4.78, 5) is 0. The van der Waals surface area contributed by atoms with Gasteiger partial charge >= 0.3 is 0 Å². The van der Waals surface area contributed by atoms with Crippen molar-refractivity contribution in [2.45, 2.75) is 18.9 Å². The molecule has 0 amide bonds. The Hall–Kier alpha value is -2.20. The molecule has 0 aliphatic carbocycles. The molecule has 0 aliphatic heterocycles. The van der Waals surface area contributed by atoms with Crippen LogP contribution in [-0.4, -0.2) is 24.4 Å². The molecule has 21 heavy (non-hydrogen) atoms. The van der Waals surface area contributed by atoms with Gasteiger partial charge < -0.3 is 19.7 Å². The van der Waals surface area contributed by atoms with Crippen molar-refractivity contribution in [2.75, 3.05) is 14.2 Å². The topological polar surface area (TPSA) is 58.9 Å². The molecular formula is C17H20O4. The Morgan fingerprint density at radius 3 is 2.43 bits per heavy atom. The second-order valence-corrected chi connectivity index (χ2v) is 4.84. The minimum absolute atomic E-state index is 0.165. The van der Waals surface area contributed by atoms with E-state index >= 15 is 0 Å². The monoisotopic (exact) mass is 288 g/mol. The van der Waals surface area contributed by atoms with Gasteiger partial charge in [-0.05, 0) is 48.2 Å². The van der Waals surface area contributed by atoms with E-state index in [0.29, 0.717) is 24.3 Å². The van der Waals surface area contributed by atoms with Crippen molar-refractivity contribution >= 4 is 0 Å². The molecule has 0 aliphatic rings. The number of aliphatic hydroxyl groups excluding tert-OH is 1. The zero-order valence-corrected chi connectivity index (χ0v) is 12.2. The number of ether oxygens (including phenoxy) is 2. The first-order valence-electron chi connectivity index (χ1n) is 6.82. The smallest absolute Gasteiger partial charge is 0.160 e. The second-order valence-electron chi connectivity index (χ2n) is 4.84. The van der Waals surface area contributed by atoms with Crippen LogP contribution in [0.2, 0.25) is 0 Å². The van der Waals surface area contributed by atoms with Crippen LogP contribution in [0.5, 0.6) is 17.2 Å². The van der Waals surface area contributed by atoms with E-state index in [2.05, 4.69) is 0 Å². The van der Waals surface area contributed by atoms with Gasteiger partial charge in [0.2, 0.25) is 0 Å². The highest BCUT2D eigenvalue weighted by Crippen LogP contribution is 2.29. The molecule has 0 saturated heterocycles. The molecule has 4 heteroatoms. The summed E-state index contributed by atoms with van der Waals surface area (Å²) in [5.74, 6) is 1.54. The van der Waals surface area contributed by atoms with Crippen LogP contribution in [-0.2, 0) is 6.42 Å². The molecule has 2 aromatic carbocycles. The van der Waals surface area contributed by atoms with Crippen molar-refractivity contribution in [2.24, 2.45) is 0 Å². The molecule has 0 spiro atoms. The Morgan fingerprint density at radius 1 is 1.00 bits per heavy atom. The first-order chi connectivity index (χ1) is 10.1. The summed E-state index contributed by atoms with van der Waals surface area (Å²) in [6.45, 7) is 0. The highest BCUT2D eigenvalue weighted by Gasteiger charge is 2.10. The minimum atomic E-state index is -0.606. The van der Waals surface area contributed by atoms with E-state index in [1.54, 1.807) is 38.5 Å². The van der Waals surface area contributed by atoms with Crippen LogP contribution in [0.3, 0.4) is 0 Å². The fourth-order valence-corrected chi connectivity index (χ4v) is 2.24. The van der Waals surface area contributed by atoms with Crippen molar-refractivity contribution in [3.05, 3.63) is 53.6 Å². The predicted molar refractivity (Wildman–Crippen MR) is 80.9 cm³/mol. The minimum Gasteiger partial charge on any atom is -0.508 e. The Balaban J connectivity index is 2.02. The van der Waals surface area contributed by atoms with E-state index in [4.69, 9.17) is 9.47 Å². The molecule has 2 aromatic rings.